The highest BCUT2D eigenvalue weighted by Gasteiger charge is 2.37. The Bertz CT molecular complexity index is 519. The highest BCUT2D eigenvalue weighted by molar-refractivity contribution is 5.70. The number of hydrogen-bond donors (Lipinski definition) is 2. The van der Waals surface area contributed by atoms with Gasteiger partial charge in [0.25, 0.3) is 0 Å². The Hall–Kier alpha value is -1.56. The van der Waals surface area contributed by atoms with Crippen molar-refractivity contribution in [2.75, 3.05) is 0 Å². The zero-order chi connectivity index (χ0) is 14.9. The minimum Gasteiger partial charge on any atom is -0.481 e. The van der Waals surface area contributed by atoms with E-state index < -0.39 is 41.4 Å². The first-order chi connectivity index (χ1) is 9.41. The summed E-state index contributed by atoms with van der Waals surface area (Å²) in [6, 6.07) is 0.968. The molecule has 6 heteroatoms. The zero-order valence-electron chi connectivity index (χ0n) is 10.7. The Morgan fingerprint density at radius 1 is 1.10 bits per heavy atom. The van der Waals surface area contributed by atoms with Gasteiger partial charge >= 0.3 is 5.97 Å². The van der Waals surface area contributed by atoms with Gasteiger partial charge in [0, 0.05) is 17.5 Å². The van der Waals surface area contributed by atoms with Gasteiger partial charge in [0.15, 0.2) is 11.6 Å². The second kappa shape index (κ2) is 5.83. The zero-order valence-corrected chi connectivity index (χ0v) is 10.7. The molecule has 0 heterocycles. The molecule has 20 heavy (non-hydrogen) atoms. The minimum atomic E-state index is -1.45. The highest BCUT2D eigenvalue weighted by atomic mass is 19.2. The van der Waals surface area contributed by atoms with Crippen LogP contribution in [0.25, 0.3) is 0 Å². The van der Waals surface area contributed by atoms with E-state index in [1.807, 2.05) is 0 Å². The van der Waals surface area contributed by atoms with Crippen molar-refractivity contribution in [3.05, 3.63) is 35.1 Å². The Kier molecular flexibility index (Phi) is 4.32. The minimum absolute atomic E-state index is 0.368. The molecule has 1 aromatic rings. The average molecular weight is 288 g/mol. The molecule has 1 aliphatic rings. The fourth-order valence-corrected chi connectivity index (χ4v) is 2.84. The van der Waals surface area contributed by atoms with Crippen LogP contribution in [0.3, 0.4) is 0 Å². The number of carbonyl (C=O) groups is 1. The van der Waals surface area contributed by atoms with Crippen molar-refractivity contribution < 1.29 is 28.2 Å². The molecule has 0 saturated heterocycles. The molecule has 1 saturated carbocycles. The van der Waals surface area contributed by atoms with Gasteiger partial charge in [-0.15, -0.1) is 0 Å². The summed E-state index contributed by atoms with van der Waals surface area (Å²) in [6.45, 7) is 0. The van der Waals surface area contributed by atoms with Crippen molar-refractivity contribution in [2.45, 2.75) is 31.8 Å². The first-order valence-electron chi connectivity index (χ1n) is 6.47. The van der Waals surface area contributed by atoms with Crippen molar-refractivity contribution in [2.24, 2.45) is 11.8 Å². The first-order valence-corrected chi connectivity index (χ1v) is 6.47. The molecular formula is C14H15F3O3. The van der Waals surface area contributed by atoms with Gasteiger partial charge in [-0.1, -0.05) is 12.8 Å². The SMILES string of the molecule is O=C(O)C1CCCCC1C(O)c1cc(F)c(F)cc1F. The number of carboxylic acids is 1. The van der Waals surface area contributed by atoms with E-state index in [1.54, 1.807) is 0 Å². The molecule has 0 amide bonds. The first kappa shape index (κ1) is 14.8. The van der Waals surface area contributed by atoms with Gasteiger partial charge in [0.05, 0.1) is 12.0 Å². The molecule has 1 fully saturated rings. The monoisotopic (exact) mass is 288 g/mol. The van der Waals surface area contributed by atoms with E-state index in [0.717, 1.165) is 12.8 Å². The molecule has 2 N–H and O–H groups in total. The summed E-state index contributed by atoms with van der Waals surface area (Å²) < 4.78 is 39.7. The number of carboxylic acid groups (broad SMARTS) is 1. The molecule has 3 unspecified atom stereocenters. The maximum absolute atomic E-state index is 13.6. The van der Waals surface area contributed by atoms with Gasteiger partial charge in [-0.05, 0) is 18.9 Å². The van der Waals surface area contributed by atoms with Crippen LogP contribution in [0, 0.1) is 29.3 Å². The lowest BCUT2D eigenvalue weighted by Crippen LogP contribution is -2.31. The van der Waals surface area contributed by atoms with E-state index in [2.05, 4.69) is 0 Å². The lowest BCUT2D eigenvalue weighted by molar-refractivity contribution is -0.147. The predicted octanol–water partition coefficient (Wildman–Crippen LogP) is 3.03. The number of aliphatic carboxylic acids is 1. The molecule has 2 rings (SSSR count). The topological polar surface area (TPSA) is 57.5 Å². The second-order valence-corrected chi connectivity index (χ2v) is 5.13. The van der Waals surface area contributed by atoms with E-state index in [9.17, 15) is 23.1 Å². The molecule has 1 aromatic carbocycles. The molecule has 0 bridgehead atoms. The van der Waals surface area contributed by atoms with E-state index in [0.29, 0.717) is 25.0 Å². The number of rotatable bonds is 3. The van der Waals surface area contributed by atoms with Gasteiger partial charge < -0.3 is 10.2 Å². The van der Waals surface area contributed by atoms with Crippen molar-refractivity contribution in [3.63, 3.8) is 0 Å². The predicted molar refractivity (Wildman–Crippen MR) is 64.4 cm³/mol. The number of halogens is 3. The largest absolute Gasteiger partial charge is 0.481 e. The molecule has 0 aromatic heterocycles. The molecule has 1 aliphatic carbocycles. The number of aliphatic hydroxyl groups excluding tert-OH is 1. The van der Waals surface area contributed by atoms with Crippen molar-refractivity contribution in [3.8, 4) is 0 Å². The quantitative estimate of drug-likeness (QED) is 0.841. The van der Waals surface area contributed by atoms with Gasteiger partial charge in [0.1, 0.15) is 5.82 Å². The summed E-state index contributed by atoms with van der Waals surface area (Å²) in [4.78, 5) is 11.2. The molecule has 3 nitrogen and oxygen atoms in total. The summed E-state index contributed by atoms with van der Waals surface area (Å²) >= 11 is 0. The summed E-state index contributed by atoms with van der Waals surface area (Å²) in [5.74, 6) is -6.21. The molecular weight excluding hydrogens is 273 g/mol. The molecule has 0 aliphatic heterocycles. The van der Waals surface area contributed by atoms with E-state index in [4.69, 9.17) is 5.11 Å². The molecule has 110 valence electrons. The Morgan fingerprint density at radius 2 is 1.70 bits per heavy atom. The standard InChI is InChI=1S/C14H15F3O3/c15-10-6-12(17)11(16)5-9(10)13(18)7-3-1-2-4-8(7)14(19)20/h5-8,13,18H,1-4H2,(H,19,20). The lowest BCUT2D eigenvalue weighted by Gasteiger charge is -2.32. The van der Waals surface area contributed by atoms with Gasteiger partial charge in [-0.2, -0.15) is 0 Å². The van der Waals surface area contributed by atoms with Crippen LogP contribution >= 0.6 is 0 Å². The van der Waals surface area contributed by atoms with Crippen LogP contribution in [-0.2, 0) is 4.79 Å². The van der Waals surface area contributed by atoms with E-state index in [-0.39, 0.29) is 5.56 Å². The summed E-state index contributed by atoms with van der Waals surface area (Å²) in [7, 11) is 0. The molecule has 0 spiro atoms. The smallest absolute Gasteiger partial charge is 0.306 e. The van der Waals surface area contributed by atoms with Crippen LogP contribution in [0.1, 0.15) is 37.4 Å². The fraction of sp³-hybridized carbons (Fsp3) is 0.500. The van der Waals surface area contributed by atoms with Gasteiger partial charge in [0.2, 0.25) is 0 Å². The highest BCUT2D eigenvalue weighted by Crippen LogP contribution is 2.39. The maximum atomic E-state index is 13.6. The second-order valence-electron chi connectivity index (χ2n) is 5.13. The van der Waals surface area contributed by atoms with Crippen molar-refractivity contribution in [1.29, 1.82) is 0 Å². The van der Waals surface area contributed by atoms with Crippen molar-refractivity contribution in [1.82, 2.24) is 0 Å². The Balaban J connectivity index is 2.32. The third-order valence-electron chi connectivity index (χ3n) is 3.90. The third kappa shape index (κ3) is 2.80. The average Bonchev–Trinajstić information content (AvgIpc) is 2.42. The summed E-state index contributed by atoms with van der Waals surface area (Å²) in [5, 5.41) is 19.3. The van der Waals surface area contributed by atoms with Crippen LogP contribution in [0.4, 0.5) is 13.2 Å². The summed E-state index contributed by atoms with van der Waals surface area (Å²) in [5.41, 5.74) is -0.387. The normalized spacial score (nSPS) is 24.4. The van der Waals surface area contributed by atoms with Crippen LogP contribution in [-0.4, -0.2) is 16.2 Å². The number of benzene rings is 1. The third-order valence-corrected chi connectivity index (χ3v) is 3.90. The maximum Gasteiger partial charge on any atom is 0.306 e. The fourth-order valence-electron chi connectivity index (χ4n) is 2.84. The Labute approximate surface area is 114 Å². The molecule has 3 atom stereocenters. The lowest BCUT2D eigenvalue weighted by atomic mass is 9.74. The van der Waals surface area contributed by atoms with Crippen molar-refractivity contribution >= 4 is 5.97 Å². The van der Waals surface area contributed by atoms with Crippen LogP contribution in [0.5, 0.6) is 0 Å². The summed E-state index contributed by atoms with van der Waals surface area (Å²) in [6.07, 6.45) is 0.794. The Morgan fingerprint density at radius 3 is 2.35 bits per heavy atom. The van der Waals surface area contributed by atoms with Crippen LogP contribution in [0.2, 0.25) is 0 Å². The molecule has 0 radical (unpaired) electrons. The van der Waals surface area contributed by atoms with E-state index in [1.165, 1.54) is 0 Å². The van der Waals surface area contributed by atoms with Gasteiger partial charge in [-0.25, -0.2) is 13.2 Å². The van der Waals surface area contributed by atoms with Gasteiger partial charge in [-0.3, -0.25) is 4.79 Å². The van der Waals surface area contributed by atoms with Crippen LogP contribution < -0.4 is 0 Å². The number of aliphatic hydroxyl groups is 1. The van der Waals surface area contributed by atoms with E-state index >= 15 is 0 Å². The number of hydrogen-bond acceptors (Lipinski definition) is 2. The van der Waals surface area contributed by atoms with Crippen LogP contribution in [0.15, 0.2) is 12.1 Å².